The number of rotatable bonds is 4. The lowest BCUT2D eigenvalue weighted by Crippen LogP contribution is -2.02. The maximum Gasteiger partial charge on any atom is 0.123 e. The smallest absolute Gasteiger partial charge is 0.123 e. The minimum Gasteiger partial charge on any atom is -0.508 e. The second kappa shape index (κ2) is 7.69. The highest BCUT2D eigenvalue weighted by Crippen LogP contribution is 2.42. The maximum absolute atomic E-state index is 10.2. The monoisotopic (exact) mass is 413 g/mol. The van der Waals surface area contributed by atoms with Gasteiger partial charge in [-0.25, -0.2) is 0 Å². The minimum absolute atomic E-state index is 0.277. The molecule has 1 heterocycles. The van der Waals surface area contributed by atoms with Gasteiger partial charge in [-0.3, -0.25) is 0 Å². The Morgan fingerprint density at radius 2 is 1.55 bits per heavy atom. The van der Waals surface area contributed by atoms with Crippen LogP contribution < -0.4 is 9.47 Å². The molecule has 31 heavy (non-hydrogen) atoms. The summed E-state index contributed by atoms with van der Waals surface area (Å²) >= 11 is 0. The number of phenols is 1. The second-order valence-electron chi connectivity index (χ2n) is 8.22. The average Bonchev–Trinajstić information content (AvgIpc) is 3.10. The topological polar surface area (TPSA) is 43.6 Å². The van der Waals surface area contributed by atoms with Crippen molar-refractivity contribution in [2.45, 2.75) is 32.6 Å². The summed E-state index contributed by atoms with van der Waals surface area (Å²) in [6, 6.07) is 18.0. The number of hydrogen-bond donors (Lipinski definition) is 1. The Labute approximate surface area is 182 Å². The number of nitrogens with zero attached hydrogens (tertiary/aromatic N) is 1. The molecule has 5 rings (SSSR count). The van der Waals surface area contributed by atoms with Crippen molar-refractivity contribution in [1.29, 1.82) is 0 Å². The van der Waals surface area contributed by atoms with Crippen LogP contribution in [-0.4, -0.2) is 23.9 Å². The van der Waals surface area contributed by atoms with E-state index < -0.39 is 0 Å². The molecule has 0 fully saturated rings. The standard InChI is InChI=1S/C27H27NO3/c1-17-23-8-4-5-9-24(23)27(19-13-21(30-2)16-22(14-19)31-3)28(17)26-10-6-7-18-11-12-20(29)15-25(18)26/h6-7,10-16,29H,4-5,8-9H2,1-3H3. The van der Waals surface area contributed by atoms with Crippen LogP contribution >= 0.6 is 0 Å². The third-order valence-corrected chi connectivity index (χ3v) is 6.46. The molecule has 0 saturated heterocycles. The van der Waals surface area contributed by atoms with Gasteiger partial charge in [-0.05, 0) is 79.5 Å². The van der Waals surface area contributed by atoms with E-state index in [1.54, 1.807) is 20.3 Å². The van der Waals surface area contributed by atoms with E-state index in [0.717, 1.165) is 46.4 Å². The number of aromatic nitrogens is 1. The van der Waals surface area contributed by atoms with Crippen LogP contribution in [0, 0.1) is 6.92 Å². The Balaban J connectivity index is 1.87. The van der Waals surface area contributed by atoms with E-state index in [2.05, 4.69) is 41.8 Å². The number of methoxy groups -OCH3 is 2. The van der Waals surface area contributed by atoms with Gasteiger partial charge in [0.05, 0.1) is 25.6 Å². The van der Waals surface area contributed by atoms with Crippen LogP contribution in [0.1, 0.15) is 29.7 Å². The Hall–Kier alpha value is -3.40. The summed E-state index contributed by atoms with van der Waals surface area (Å²) < 4.78 is 13.5. The SMILES string of the molecule is COc1cc(OC)cc(-c2c3c(c(C)n2-c2cccc4ccc(O)cc24)CCCC3)c1. The van der Waals surface area contributed by atoms with Crippen molar-refractivity contribution in [1.82, 2.24) is 4.57 Å². The highest BCUT2D eigenvalue weighted by atomic mass is 16.5. The first-order valence-corrected chi connectivity index (χ1v) is 10.8. The molecule has 1 aliphatic rings. The van der Waals surface area contributed by atoms with E-state index in [1.807, 2.05) is 18.2 Å². The first-order valence-electron chi connectivity index (χ1n) is 10.8. The van der Waals surface area contributed by atoms with Gasteiger partial charge in [0.1, 0.15) is 17.2 Å². The first kappa shape index (κ1) is 19.6. The molecule has 0 atom stereocenters. The van der Waals surface area contributed by atoms with Gasteiger partial charge in [0.2, 0.25) is 0 Å². The fourth-order valence-corrected chi connectivity index (χ4v) is 4.99. The van der Waals surface area contributed by atoms with Crippen molar-refractivity contribution in [3.63, 3.8) is 0 Å². The molecule has 0 radical (unpaired) electrons. The number of phenolic OH excluding ortho intramolecular Hbond substituents is 1. The van der Waals surface area contributed by atoms with Gasteiger partial charge in [-0.2, -0.15) is 0 Å². The van der Waals surface area contributed by atoms with E-state index in [-0.39, 0.29) is 5.75 Å². The predicted molar refractivity (Wildman–Crippen MR) is 125 cm³/mol. The Morgan fingerprint density at radius 1 is 0.839 bits per heavy atom. The molecule has 0 saturated carbocycles. The molecule has 1 aliphatic carbocycles. The van der Waals surface area contributed by atoms with Crippen molar-refractivity contribution >= 4 is 10.8 Å². The lowest BCUT2D eigenvalue weighted by atomic mass is 9.90. The molecule has 1 aromatic heterocycles. The molecular formula is C27H27NO3. The van der Waals surface area contributed by atoms with Gasteiger partial charge >= 0.3 is 0 Å². The molecule has 4 aromatic rings. The maximum atomic E-state index is 10.2. The summed E-state index contributed by atoms with van der Waals surface area (Å²) in [5.74, 6) is 1.83. The molecule has 4 heteroatoms. The molecule has 158 valence electrons. The third-order valence-electron chi connectivity index (χ3n) is 6.46. The summed E-state index contributed by atoms with van der Waals surface area (Å²) in [6.45, 7) is 2.21. The highest BCUT2D eigenvalue weighted by Gasteiger charge is 2.25. The summed E-state index contributed by atoms with van der Waals surface area (Å²) in [4.78, 5) is 0. The number of aromatic hydroxyl groups is 1. The van der Waals surface area contributed by atoms with Crippen molar-refractivity contribution in [2.24, 2.45) is 0 Å². The van der Waals surface area contributed by atoms with Crippen molar-refractivity contribution < 1.29 is 14.6 Å². The summed E-state index contributed by atoms with van der Waals surface area (Å²) in [6.07, 6.45) is 4.57. The normalized spacial score (nSPS) is 13.3. The largest absolute Gasteiger partial charge is 0.508 e. The second-order valence-corrected chi connectivity index (χ2v) is 8.22. The van der Waals surface area contributed by atoms with Gasteiger partial charge in [-0.15, -0.1) is 0 Å². The predicted octanol–water partition coefficient (Wildman–Crippen LogP) is 6.21. The quantitative estimate of drug-likeness (QED) is 0.433. The molecule has 0 amide bonds. The van der Waals surface area contributed by atoms with Crippen LogP contribution in [0.3, 0.4) is 0 Å². The Kier molecular flexibility index (Phi) is 4.85. The van der Waals surface area contributed by atoms with Crippen molar-refractivity contribution in [3.8, 4) is 34.2 Å². The lowest BCUT2D eigenvalue weighted by Gasteiger charge is -2.18. The Bertz CT molecular complexity index is 1260. The van der Waals surface area contributed by atoms with E-state index in [0.29, 0.717) is 0 Å². The summed E-state index contributed by atoms with van der Waals surface area (Å²) in [7, 11) is 3.37. The molecule has 0 bridgehead atoms. The Morgan fingerprint density at radius 3 is 2.26 bits per heavy atom. The van der Waals surface area contributed by atoms with Gasteiger partial charge < -0.3 is 19.1 Å². The molecule has 3 aromatic carbocycles. The number of benzene rings is 3. The molecule has 0 spiro atoms. The summed E-state index contributed by atoms with van der Waals surface area (Å²) in [5.41, 5.74) is 7.48. The first-order chi connectivity index (χ1) is 15.1. The van der Waals surface area contributed by atoms with E-state index >= 15 is 0 Å². The molecular weight excluding hydrogens is 386 g/mol. The van der Waals surface area contributed by atoms with Crippen LogP contribution in [0.25, 0.3) is 27.7 Å². The highest BCUT2D eigenvalue weighted by molar-refractivity contribution is 5.92. The number of ether oxygens (including phenoxy) is 2. The molecule has 4 nitrogen and oxygen atoms in total. The van der Waals surface area contributed by atoms with Crippen LogP contribution in [-0.2, 0) is 12.8 Å². The van der Waals surface area contributed by atoms with Gasteiger partial charge in [-0.1, -0.05) is 18.2 Å². The van der Waals surface area contributed by atoms with E-state index in [4.69, 9.17) is 9.47 Å². The van der Waals surface area contributed by atoms with Gasteiger partial charge in [0, 0.05) is 22.7 Å². The van der Waals surface area contributed by atoms with Crippen LogP contribution in [0.5, 0.6) is 17.2 Å². The fourth-order valence-electron chi connectivity index (χ4n) is 4.99. The van der Waals surface area contributed by atoms with Crippen LogP contribution in [0.2, 0.25) is 0 Å². The average molecular weight is 414 g/mol. The number of hydrogen-bond acceptors (Lipinski definition) is 3. The zero-order valence-electron chi connectivity index (χ0n) is 18.2. The van der Waals surface area contributed by atoms with Gasteiger partial charge in [0.15, 0.2) is 0 Å². The zero-order chi connectivity index (χ0) is 21.5. The summed E-state index contributed by atoms with van der Waals surface area (Å²) in [5, 5.41) is 12.4. The van der Waals surface area contributed by atoms with Crippen molar-refractivity contribution in [2.75, 3.05) is 14.2 Å². The molecule has 0 unspecified atom stereocenters. The zero-order valence-corrected chi connectivity index (χ0v) is 18.2. The molecule has 0 aliphatic heterocycles. The number of fused-ring (bicyclic) bond motifs is 2. The minimum atomic E-state index is 0.277. The van der Waals surface area contributed by atoms with Gasteiger partial charge in [0.25, 0.3) is 0 Å². The van der Waals surface area contributed by atoms with Crippen LogP contribution in [0.4, 0.5) is 0 Å². The van der Waals surface area contributed by atoms with E-state index in [1.165, 1.54) is 35.4 Å². The van der Waals surface area contributed by atoms with Crippen molar-refractivity contribution in [3.05, 3.63) is 71.4 Å². The third kappa shape index (κ3) is 3.23. The lowest BCUT2D eigenvalue weighted by molar-refractivity contribution is 0.394. The van der Waals surface area contributed by atoms with Crippen LogP contribution in [0.15, 0.2) is 54.6 Å². The van der Waals surface area contributed by atoms with E-state index in [9.17, 15) is 5.11 Å². The molecule has 1 N–H and O–H groups in total. The fraction of sp³-hybridized carbons (Fsp3) is 0.259.